The van der Waals surface area contributed by atoms with Gasteiger partial charge in [-0.25, -0.2) is 4.98 Å². The summed E-state index contributed by atoms with van der Waals surface area (Å²) in [6.07, 6.45) is -12.0. The average Bonchev–Trinajstić information content (AvgIpc) is 3.95. The number of ether oxygens (including phenoxy) is 5. The molecule has 3 aromatic heterocycles. The Morgan fingerprint density at radius 1 is 0.901 bits per heavy atom. The van der Waals surface area contributed by atoms with Gasteiger partial charge >= 0.3 is 317 Å². The number of H-pyrrole nitrogens is 2. The minimum atomic E-state index is -5.99. The van der Waals surface area contributed by atoms with Crippen LogP contribution in [0.1, 0.15) is 6.23 Å². The number of phosphoric acid groups is 3. The number of fused-ring (bicyclic) bond motifs is 2. The number of aromatic amines is 2. The van der Waals surface area contributed by atoms with Gasteiger partial charge in [0.15, 0.2) is 17.4 Å². The van der Waals surface area contributed by atoms with Crippen LogP contribution in [-0.4, -0.2) is 149 Å². The molecule has 7 rings (SSSR count). The summed E-state index contributed by atoms with van der Waals surface area (Å²) in [6.45, 7) is -3.47. The van der Waals surface area contributed by atoms with Crippen LogP contribution < -0.4 is 76.5 Å². The Balaban J connectivity index is 0.957. The van der Waals surface area contributed by atoms with Gasteiger partial charge in [0.2, 0.25) is 5.95 Å². The number of nitrogens with zero attached hydrogens (tertiary/aromatic N) is 6. The van der Waals surface area contributed by atoms with Gasteiger partial charge in [-0.15, -0.1) is 0 Å². The minimum absolute atomic E-state index is 0.00862. The molecule has 2 fully saturated rings. The zero-order valence-electron chi connectivity index (χ0n) is 36.0. The van der Waals surface area contributed by atoms with Crippen LogP contribution >= 0.6 is 56.1 Å². The molecule has 3 aliphatic heterocycles. The molecule has 0 saturated carbocycles. The molecular formula is C33H41ClI2N10O22P3-5. The van der Waals surface area contributed by atoms with Crippen LogP contribution in [0.25, 0.3) is 11.2 Å². The summed E-state index contributed by atoms with van der Waals surface area (Å²) >= 11 is 2.51. The van der Waals surface area contributed by atoms with E-state index in [2.05, 4.69) is 34.0 Å². The summed E-state index contributed by atoms with van der Waals surface area (Å²) in [4.78, 5) is 92.6. The molecule has 6 heterocycles. The number of aromatic nitrogens is 6. The van der Waals surface area contributed by atoms with Gasteiger partial charge in [0.25, 0.3) is 5.56 Å². The zero-order chi connectivity index (χ0) is 51.4. The Kier molecular flexibility index (Phi) is 18.7. The number of nitrogen functional groups attached to an aromatic ring is 2. The van der Waals surface area contributed by atoms with Crippen LogP contribution in [0.15, 0.2) is 40.2 Å². The van der Waals surface area contributed by atoms with Crippen molar-refractivity contribution in [1.29, 1.82) is 0 Å². The molecular weight excluding hydrogens is 1270 g/mol. The fourth-order valence-corrected chi connectivity index (χ4v) is 14.0. The van der Waals surface area contributed by atoms with E-state index >= 15 is 0 Å². The van der Waals surface area contributed by atoms with Gasteiger partial charge < -0.3 is 15.9 Å². The van der Waals surface area contributed by atoms with Gasteiger partial charge in [-0.3, -0.25) is 14.3 Å². The van der Waals surface area contributed by atoms with E-state index in [1.54, 1.807) is 31.5 Å². The number of nitrogens with two attached hydrogens (primary N) is 2. The number of hydrogen-bond donors (Lipinski definition) is 7. The second-order valence-electron chi connectivity index (χ2n) is 14.7. The molecule has 396 valence electrons. The Hall–Kier alpha value is -2.88. The molecule has 3 aliphatic rings. The van der Waals surface area contributed by atoms with Gasteiger partial charge in [-0.05, 0) is 12.1 Å². The molecule has 38 heteroatoms. The number of benzene rings is 1. The first-order valence-corrected chi connectivity index (χ1v) is 29.2. The average molecular weight is 1310 g/mol. The summed E-state index contributed by atoms with van der Waals surface area (Å²) in [5.41, 5.74) is 9.94. The number of anilines is 4. The van der Waals surface area contributed by atoms with Crippen LogP contribution in [0.5, 0.6) is 5.75 Å². The molecule has 0 bridgehead atoms. The van der Waals surface area contributed by atoms with Crippen molar-refractivity contribution in [3.05, 3.63) is 56.3 Å². The molecule has 4 aromatic rings. The third kappa shape index (κ3) is 14.3. The number of imidazole rings is 1. The van der Waals surface area contributed by atoms with Gasteiger partial charge in [0, 0.05) is 5.02 Å². The molecule has 0 spiro atoms. The predicted octanol–water partition coefficient (Wildman–Crippen LogP) is -7.01. The Labute approximate surface area is 424 Å². The van der Waals surface area contributed by atoms with Crippen molar-refractivity contribution in [3.8, 4) is 5.75 Å². The van der Waals surface area contributed by atoms with Gasteiger partial charge in [-0.2, -0.15) is 4.98 Å². The molecule has 32 nitrogen and oxygen atoms in total. The Bertz CT molecular complexity index is 2800. The van der Waals surface area contributed by atoms with Crippen molar-refractivity contribution in [2.45, 2.75) is 53.2 Å². The summed E-state index contributed by atoms with van der Waals surface area (Å²) in [5, 5.41) is 33.2. The van der Waals surface area contributed by atoms with Gasteiger partial charge in [-0.1, -0.05) is 11.6 Å². The van der Waals surface area contributed by atoms with Crippen LogP contribution in [-0.2, 0) is 53.6 Å². The molecule has 71 heavy (non-hydrogen) atoms. The maximum absolute atomic E-state index is 13.4. The van der Waals surface area contributed by atoms with Crippen LogP contribution in [0, 0.1) is 0 Å². The van der Waals surface area contributed by atoms with E-state index in [1.165, 1.54) is 12.0 Å². The molecule has 0 radical (unpaired) electrons. The van der Waals surface area contributed by atoms with Crippen molar-refractivity contribution in [1.82, 2.24) is 29.5 Å². The van der Waals surface area contributed by atoms with E-state index in [9.17, 15) is 58.2 Å². The van der Waals surface area contributed by atoms with E-state index in [0.717, 1.165) is 10.9 Å². The number of rotatable bonds is 24. The molecule has 1 aromatic carbocycles. The fraction of sp³-hybridized carbons (Fsp3) is 0.515. The second-order valence-corrected chi connectivity index (χ2v) is 24.2. The molecule has 4 unspecified atom stereocenters. The van der Waals surface area contributed by atoms with E-state index in [-0.39, 0.29) is 60.9 Å². The SMILES string of the molecule is COCCO[C@H]1C(N2C=IN(CCOc3ccc(Cl)cc3)c3c2nc(N)[nH]c3=O)O[C@H]([I-]OP(=O)([O-])OCC(COP(=O)([O-])OC[C@H]2O[C@@H](n3cnc4c(=O)[nH]c(N)nc43)[C@H](O)[C@@H]2O)OP(=O)([O-])[O-])[C@H]1O. The first-order valence-electron chi connectivity index (χ1n) is 20.1. The number of nitrogens with one attached hydrogen (secondary N) is 2. The molecule has 2 saturated heterocycles. The number of phosphoric ester groups is 3. The standard InChI is InChI=1S/C33H45ClI2N10O22P3/c1-59-8-9-61-24-23(49)25(66-31(24)44-13-35-46(20-27(44)41-33(38)43-29(20)51)6-7-60-16-4-2-15(34)3-5-16)36-68-71(57,58)63-11-17(67-69(52,53)54)10-62-70(55,56)64-12-18-21(47)22(48)30(65-18)45-14-39-19-26(45)40-32(37)42-28(19)50/h2-5,13-14,17-18,21-25,30-31,47-49H,6-12H2,1H3,(H,55,56)(H,57,58)(H2,52,53,54)(H3,37,40,42,50)(H3,38,41,43,51)/q-1/p-4/t17?,18-,21-,22-,23+,24-,25+,30-,31?/m1/s1. The molecule has 0 aliphatic carbocycles. The number of halogens is 3. The molecule has 0 amide bonds. The zero-order valence-corrected chi connectivity index (χ0v) is 43.8. The second kappa shape index (κ2) is 23.8. The molecule has 11 atom stereocenters. The normalized spacial score (nSPS) is 25.8. The van der Waals surface area contributed by atoms with Gasteiger partial charge in [0.05, 0.1) is 6.33 Å². The van der Waals surface area contributed by atoms with Crippen LogP contribution in [0.4, 0.5) is 23.4 Å². The predicted molar refractivity (Wildman–Crippen MR) is 238 cm³/mol. The number of aliphatic hydroxyl groups excluding tert-OH is 3. The van der Waals surface area contributed by atoms with Gasteiger partial charge in [0.1, 0.15) is 6.10 Å². The number of methoxy groups -OCH3 is 1. The van der Waals surface area contributed by atoms with Crippen LogP contribution in [0.2, 0.25) is 5.02 Å². The van der Waals surface area contributed by atoms with Crippen molar-refractivity contribution in [2.24, 2.45) is 0 Å². The first-order chi connectivity index (χ1) is 33.5. The monoisotopic (exact) mass is 1310 g/mol. The van der Waals surface area contributed by atoms with E-state index in [4.69, 9.17) is 58.7 Å². The summed E-state index contributed by atoms with van der Waals surface area (Å²) < 4.78 is 92.1. The van der Waals surface area contributed by atoms with Crippen molar-refractivity contribution >= 4 is 94.8 Å². The van der Waals surface area contributed by atoms with E-state index in [0.29, 0.717) is 10.8 Å². The van der Waals surface area contributed by atoms with Crippen molar-refractivity contribution < 1.29 is 115 Å². The summed E-state index contributed by atoms with van der Waals surface area (Å²) in [6, 6.07) is 6.66. The fourth-order valence-electron chi connectivity index (χ4n) is 6.71. The van der Waals surface area contributed by atoms with Crippen molar-refractivity contribution in [3.63, 3.8) is 0 Å². The van der Waals surface area contributed by atoms with Crippen LogP contribution in [0.3, 0.4) is 0 Å². The summed E-state index contributed by atoms with van der Waals surface area (Å²) in [7, 11) is -15.7. The number of hydrogen-bond acceptors (Lipinski definition) is 29. The van der Waals surface area contributed by atoms with E-state index < -0.39 is 150 Å². The number of aliphatic hydroxyl groups is 3. The topological polar surface area (TPSA) is 464 Å². The quantitative estimate of drug-likeness (QED) is 0.0113. The third-order valence-electron chi connectivity index (χ3n) is 9.83. The Morgan fingerprint density at radius 2 is 1.59 bits per heavy atom. The van der Waals surface area contributed by atoms with Crippen molar-refractivity contribution in [2.75, 3.05) is 72.8 Å². The third-order valence-corrected chi connectivity index (χ3v) is 18.4. The number of alkyl halides is 1. The first kappa shape index (κ1) is 55.9. The summed E-state index contributed by atoms with van der Waals surface area (Å²) in [5.74, 6) is -0.0365. The Morgan fingerprint density at radius 3 is 2.30 bits per heavy atom. The van der Waals surface area contributed by atoms with E-state index in [1.807, 2.05) is 0 Å². The molecule has 9 N–H and O–H groups in total. The maximum atomic E-state index is 13.4.